The first kappa shape index (κ1) is 16.2. The van der Waals surface area contributed by atoms with Crippen molar-refractivity contribution in [2.75, 3.05) is 13.2 Å². The van der Waals surface area contributed by atoms with E-state index in [-0.39, 0.29) is 13.2 Å². The number of aliphatic hydroxyl groups excluding tert-OH is 2. The fourth-order valence-electron chi connectivity index (χ4n) is 2.84. The minimum absolute atomic E-state index is 0.00110. The number of benzene rings is 1. The second-order valence-electron chi connectivity index (χ2n) is 5.62. The van der Waals surface area contributed by atoms with E-state index in [2.05, 4.69) is 5.32 Å². The van der Waals surface area contributed by atoms with Crippen molar-refractivity contribution in [3.8, 4) is 0 Å². The second kappa shape index (κ2) is 6.81. The number of ether oxygens (including phenoxy) is 3. The summed E-state index contributed by atoms with van der Waals surface area (Å²) in [5.41, 5.74) is 5.83. The lowest BCUT2D eigenvalue weighted by Crippen LogP contribution is -2.63. The number of rotatable bonds is 3. The summed E-state index contributed by atoms with van der Waals surface area (Å²) in [5, 5.41) is 22.8. The molecule has 126 valence electrons. The van der Waals surface area contributed by atoms with Gasteiger partial charge in [0.05, 0.1) is 6.61 Å². The molecule has 2 aliphatic rings. The molecule has 8 nitrogen and oxygen atoms in total. The summed E-state index contributed by atoms with van der Waals surface area (Å²) in [6.45, 7) is 0.208. The van der Waals surface area contributed by atoms with Gasteiger partial charge >= 0.3 is 6.03 Å². The number of hydrogen-bond acceptors (Lipinski definition) is 6. The zero-order chi connectivity index (χ0) is 16.4. The van der Waals surface area contributed by atoms with Gasteiger partial charge in [-0.3, -0.25) is 0 Å². The molecule has 1 aromatic carbocycles. The fourth-order valence-corrected chi connectivity index (χ4v) is 2.84. The Labute approximate surface area is 133 Å². The van der Waals surface area contributed by atoms with Crippen LogP contribution >= 0.6 is 0 Å². The zero-order valence-electron chi connectivity index (χ0n) is 12.4. The Bertz CT molecular complexity index is 540. The van der Waals surface area contributed by atoms with E-state index in [4.69, 9.17) is 19.9 Å². The number of carbonyl (C=O) groups is 1. The Morgan fingerprint density at radius 3 is 2.65 bits per heavy atom. The van der Waals surface area contributed by atoms with Crippen molar-refractivity contribution in [1.29, 1.82) is 0 Å². The van der Waals surface area contributed by atoms with Gasteiger partial charge in [0.15, 0.2) is 6.29 Å². The van der Waals surface area contributed by atoms with Crippen LogP contribution in [0.1, 0.15) is 11.9 Å². The molecule has 3 rings (SSSR count). The second-order valence-corrected chi connectivity index (χ2v) is 5.62. The lowest BCUT2D eigenvalue weighted by Gasteiger charge is -2.46. The minimum atomic E-state index is -1.20. The van der Waals surface area contributed by atoms with Gasteiger partial charge in [-0.15, -0.1) is 0 Å². The molecule has 0 aliphatic carbocycles. The van der Waals surface area contributed by atoms with Gasteiger partial charge in [-0.25, -0.2) is 4.79 Å². The summed E-state index contributed by atoms with van der Waals surface area (Å²) in [6, 6.07) is 8.60. The Morgan fingerprint density at radius 1 is 1.22 bits per heavy atom. The summed E-state index contributed by atoms with van der Waals surface area (Å²) < 4.78 is 17.1. The van der Waals surface area contributed by atoms with Crippen LogP contribution in [0.2, 0.25) is 0 Å². The topological polar surface area (TPSA) is 123 Å². The molecule has 2 aliphatic heterocycles. The van der Waals surface area contributed by atoms with E-state index in [1.807, 2.05) is 30.3 Å². The van der Waals surface area contributed by atoms with E-state index >= 15 is 0 Å². The maximum absolute atomic E-state index is 10.8. The molecular formula is C15H20N2O6. The summed E-state index contributed by atoms with van der Waals surface area (Å²) >= 11 is 0. The molecule has 0 radical (unpaired) electrons. The number of urea groups is 1. The highest BCUT2D eigenvalue weighted by molar-refractivity contribution is 5.71. The summed E-state index contributed by atoms with van der Waals surface area (Å²) in [6.07, 6.45) is -4.99. The fraction of sp³-hybridized carbons (Fsp3) is 0.533. The Kier molecular flexibility index (Phi) is 4.79. The number of primary amides is 1. The smallest absolute Gasteiger partial charge is 0.312 e. The van der Waals surface area contributed by atoms with Crippen LogP contribution in [0.5, 0.6) is 0 Å². The highest BCUT2D eigenvalue weighted by Crippen LogP contribution is 2.33. The molecule has 6 atom stereocenters. The van der Waals surface area contributed by atoms with Gasteiger partial charge in [0.25, 0.3) is 0 Å². The molecule has 0 spiro atoms. The predicted molar refractivity (Wildman–Crippen MR) is 78.3 cm³/mol. The third kappa shape index (κ3) is 3.46. The monoisotopic (exact) mass is 324 g/mol. The largest absolute Gasteiger partial charge is 0.388 e. The van der Waals surface area contributed by atoms with Crippen LogP contribution in [0.3, 0.4) is 0 Å². The minimum Gasteiger partial charge on any atom is -0.388 e. The third-order valence-electron chi connectivity index (χ3n) is 4.03. The van der Waals surface area contributed by atoms with Crippen molar-refractivity contribution < 1.29 is 29.2 Å². The Balaban J connectivity index is 1.67. The van der Waals surface area contributed by atoms with E-state index < -0.39 is 42.8 Å². The maximum Gasteiger partial charge on any atom is 0.312 e. The Morgan fingerprint density at radius 2 is 1.96 bits per heavy atom. The van der Waals surface area contributed by atoms with Gasteiger partial charge in [-0.05, 0) is 0 Å². The van der Waals surface area contributed by atoms with E-state index in [1.165, 1.54) is 0 Å². The molecule has 0 bridgehead atoms. The number of carbonyl (C=O) groups excluding carboxylic acids is 1. The predicted octanol–water partition coefficient (Wildman–Crippen LogP) is -0.742. The average molecular weight is 324 g/mol. The third-order valence-corrected chi connectivity index (χ3v) is 4.03. The van der Waals surface area contributed by atoms with Gasteiger partial charge in [-0.1, -0.05) is 30.3 Å². The zero-order valence-corrected chi connectivity index (χ0v) is 12.4. The summed E-state index contributed by atoms with van der Waals surface area (Å²) in [4.78, 5) is 10.8. The van der Waals surface area contributed by atoms with Gasteiger partial charge < -0.3 is 35.5 Å². The number of amides is 2. The molecule has 23 heavy (non-hydrogen) atoms. The van der Waals surface area contributed by atoms with Crippen molar-refractivity contribution in [2.45, 2.75) is 36.8 Å². The Hall–Kier alpha value is -1.71. The number of aliphatic hydroxyl groups is 2. The van der Waals surface area contributed by atoms with E-state index in [1.54, 1.807) is 0 Å². The molecular weight excluding hydrogens is 304 g/mol. The first-order valence-electron chi connectivity index (χ1n) is 7.43. The van der Waals surface area contributed by atoms with Gasteiger partial charge in [0, 0.05) is 12.1 Å². The SMILES string of the molecule is NC(=O)NC[C@@H]1O[C@@H]2CO[C@@H](c3ccccc3)O[C@H]2[C@H](O)[C@H]1O. The number of fused-ring (bicyclic) bond motifs is 1. The first-order chi connectivity index (χ1) is 11.1. The van der Waals surface area contributed by atoms with Crippen molar-refractivity contribution in [2.24, 2.45) is 5.73 Å². The van der Waals surface area contributed by atoms with Crippen LogP contribution in [0.4, 0.5) is 4.79 Å². The molecule has 0 saturated carbocycles. The van der Waals surface area contributed by atoms with Gasteiger partial charge in [-0.2, -0.15) is 0 Å². The normalized spacial score (nSPS) is 37.0. The van der Waals surface area contributed by atoms with Crippen LogP contribution < -0.4 is 11.1 Å². The molecule has 0 aromatic heterocycles. The quantitative estimate of drug-likeness (QED) is 0.580. The summed E-state index contributed by atoms with van der Waals surface area (Å²) in [7, 11) is 0. The number of hydrogen-bond donors (Lipinski definition) is 4. The maximum atomic E-state index is 10.8. The molecule has 1 aromatic rings. The molecule has 2 saturated heterocycles. The van der Waals surface area contributed by atoms with Crippen LogP contribution in [-0.2, 0) is 14.2 Å². The number of nitrogens with two attached hydrogens (primary N) is 1. The lowest BCUT2D eigenvalue weighted by atomic mass is 9.94. The van der Waals surface area contributed by atoms with Crippen LogP contribution in [-0.4, -0.2) is 59.9 Å². The van der Waals surface area contributed by atoms with Gasteiger partial charge in [0.2, 0.25) is 0 Å². The van der Waals surface area contributed by atoms with Crippen molar-refractivity contribution in [3.63, 3.8) is 0 Å². The molecule has 5 N–H and O–H groups in total. The highest BCUT2D eigenvalue weighted by atomic mass is 16.7. The summed E-state index contributed by atoms with van der Waals surface area (Å²) in [5.74, 6) is 0. The highest BCUT2D eigenvalue weighted by Gasteiger charge is 2.48. The molecule has 8 heteroatoms. The number of nitrogens with one attached hydrogen (secondary N) is 1. The van der Waals surface area contributed by atoms with Crippen LogP contribution in [0.15, 0.2) is 30.3 Å². The average Bonchev–Trinajstić information content (AvgIpc) is 2.57. The first-order valence-corrected chi connectivity index (χ1v) is 7.43. The molecule has 2 fully saturated rings. The van der Waals surface area contributed by atoms with Gasteiger partial charge in [0.1, 0.15) is 30.5 Å². The molecule has 0 unspecified atom stereocenters. The van der Waals surface area contributed by atoms with Crippen LogP contribution in [0, 0.1) is 0 Å². The van der Waals surface area contributed by atoms with Crippen molar-refractivity contribution in [1.82, 2.24) is 5.32 Å². The van der Waals surface area contributed by atoms with Crippen LogP contribution in [0.25, 0.3) is 0 Å². The van der Waals surface area contributed by atoms with E-state index in [0.717, 1.165) is 5.56 Å². The van der Waals surface area contributed by atoms with Crippen molar-refractivity contribution >= 4 is 6.03 Å². The van der Waals surface area contributed by atoms with E-state index in [9.17, 15) is 15.0 Å². The molecule has 2 heterocycles. The van der Waals surface area contributed by atoms with E-state index in [0.29, 0.717) is 0 Å². The van der Waals surface area contributed by atoms with Crippen molar-refractivity contribution in [3.05, 3.63) is 35.9 Å². The standard InChI is InChI=1S/C15H20N2O6/c16-15(20)17-6-9-11(18)12(19)13-10(22-9)7-21-14(23-13)8-4-2-1-3-5-8/h1-5,9-14,18-19H,6-7H2,(H3,16,17,20)/t9-,10+,11-,12+,13+,14+/m0/s1. The molecule has 2 amide bonds. The lowest BCUT2D eigenvalue weighted by molar-refractivity contribution is -0.327.